The van der Waals surface area contributed by atoms with E-state index in [1.165, 1.54) is 19.2 Å². The van der Waals surface area contributed by atoms with Crippen LogP contribution in [0.15, 0.2) is 24.3 Å². The average molecular weight is 532 g/mol. The summed E-state index contributed by atoms with van der Waals surface area (Å²) >= 11 is 0. The molecule has 1 saturated heterocycles. The van der Waals surface area contributed by atoms with Gasteiger partial charge in [0, 0.05) is 43.8 Å². The van der Waals surface area contributed by atoms with Crippen LogP contribution < -0.4 is 16.4 Å². The molecule has 0 aromatic heterocycles. The second kappa shape index (κ2) is 14.1. The molecule has 0 bridgehead atoms. The van der Waals surface area contributed by atoms with Crippen molar-refractivity contribution in [2.24, 2.45) is 17.6 Å². The molecule has 3 amide bonds. The van der Waals surface area contributed by atoms with Crippen LogP contribution in [0.3, 0.4) is 0 Å². The summed E-state index contributed by atoms with van der Waals surface area (Å²) in [4.78, 5) is 53.4. The lowest BCUT2D eigenvalue weighted by atomic mass is 9.81. The molecular weight excluding hydrogens is 490 g/mol. The number of anilines is 1. The zero-order valence-electron chi connectivity index (χ0n) is 22.4. The number of aromatic carboxylic acids is 1. The number of hydrogen-bond acceptors (Lipinski definition) is 7. The van der Waals surface area contributed by atoms with Gasteiger partial charge in [-0.1, -0.05) is 6.92 Å². The number of carbonyl (C=O) groups is 4. The number of ether oxygens (including phenoxy) is 1. The molecule has 11 heteroatoms. The van der Waals surface area contributed by atoms with E-state index in [2.05, 4.69) is 10.6 Å². The number of carboxylic acid groups (broad SMARTS) is 1. The predicted molar refractivity (Wildman–Crippen MR) is 143 cm³/mol. The summed E-state index contributed by atoms with van der Waals surface area (Å²) < 4.78 is 4.86. The van der Waals surface area contributed by atoms with Crippen LogP contribution in [0.5, 0.6) is 0 Å². The fraction of sp³-hybridized carbons (Fsp3) is 0.630. The molecule has 1 aliphatic carbocycles. The normalized spacial score (nSPS) is 23.1. The Morgan fingerprint density at radius 2 is 1.79 bits per heavy atom. The molecule has 1 heterocycles. The number of likely N-dealkylation sites (tertiary alicyclic amines) is 1. The minimum absolute atomic E-state index is 0.00619. The molecule has 1 aromatic carbocycles. The van der Waals surface area contributed by atoms with Gasteiger partial charge in [0.25, 0.3) is 0 Å². The van der Waals surface area contributed by atoms with Crippen molar-refractivity contribution >= 4 is 29.6 Å². The second-order valence-corrected chi connectivity index (χ2v) is 10.2. The third-order valence-corrected chi connectivity index (χ3v) is 7.56. The summed E-state index contributed by atoms with van der Waals surface area (Å²) in [5, 5.41) is 15.4. The quantitative estimate of drug-likeness (QED) is 0.339. The number of nitrogens with two attached hydrogens (primary N) is 1. The number of hydrogen-bond donors (Lipinski definition) is 4. The molecule has 1 aliphatic heterocycles. The van der Waals surface area contributed by atoms with Crippen LogP contribution in [0.1, 0.15) is 55.8 Å². The van der Waals surface area contributed by atoms with Crippen LogP contribution in [-0.2, 0) is 14.3 Å². The van der Waals surface area contributed by atoms with E-state index in [-0.39, 0.29) is 35.4 Å². The van der Waals surface area contributed by atoms with Crippen molar-refractivity contribution in [3.8, 4) is 0 Å². The van der Waals surface area contributed by atoms with Crippen molar-refractivity contribution < 1.29 is 29.0 Å². The van der Waals surface area contributed by atoms with Gasteiger partial charge < -0.3 is 36.0 Å². The summed E-state index contributed by atoms with van der Waals surface area (Å²) in [6.07, 6.45) is 4.23. The number of nitrogens with zero attached hydrogens (tertiary/aromatic N) is 2. The third-order valence-electron chi connectivity index (χ3n) is 7.56. The summed E-state index contributed by atoms with van der Waals surface area (Å²) in [6.45, 7) is 4.57. The average Bonchev–Trinajstić information content (AvgIpc) is 3.36. The number of carboxylic acids is 1. The Hall–Kier alpha value is -3.18. The van der Waals surface area contributed by atoms with Crippen LogP contribution in [0, 0.1) is 11.8 Å². The van der Waals surface area contributed by atoms with Gasteiger partial charge in [-0.2, -0.15) is 0 Å². The van der Waals surface area contributed by atoms with Crippen LogP contribution in [-0.4, -0.2) is 90.7 Å². The van der Waals surface area contributed by atoms with E-state index in [4.69, 9.17) is 15.6 Å². The van der Waals surface area contributed by atoms with Gasteiger partial charge in [-0.15, -0.1) is 0 Å². The largest absolute Gasteiger partial charge is 0.478 e. The Morgan fingerprint density at radius 1 is 1.11 bits per heavy atom. The van der Waals surface area contributed by atoms with Crippen LogP contribution >= 0.6 is 0 Å². The molecule has 0 unspecified atom stereocenters. The fourth-order valence-electron chi connectivity index (χ4n) is 5.37. The van der Waals surface area contributed by atoms with Gasteiger partial charge in [0.05, 0.1) is 12.7 Å². The second-order valence-electron chi connectivity index (χ2n) is 10.2. The van der Waals surface area contributed by atoms with Crippen molar-refractivity contribution in [2.75, 3.05) is 45.2 Å². The number of rotatable bonds is 11. The van der Waals surface area contributed by atoms with Gasteiger partial charge in [0.1, 0.15) is 6.04 Å². The zero-order chi connectivity index (χ0) is 27.7. The lowest BCUT2D eigenvalue weighted by Crippen LogP contribution is -2.46. The molecule has 5 N–H and O–H groups in total. The van der Waals surface area contributed by atoms with Crippen LogP contribution in [0.4, 0.5) is 10.5 Å². The van der Waals surface area contributed by atoms with Gasteiger partial charge in [0.15, 0.2) is 0 Å². The van der Waals surface area contributed by atoms with Gasteiger partial charge in [-0.05, 0) is 75.3 Å². The Kier molecular flexibility index (Phi) is 10.9. The highest BCUT2D eigenvalue weighted by atomic mass is 16.5. The lowest BCUT2D eigenvalue weighted by molar-refractivity contribution is -0.141. The summed E-state index contributed by atoms with van der Waals surface area (Å²) in [7, 11) is 1.36. The maximum absolute atomic E-state index is 13.6. The molecule has 0 spiro atoms. The summed E-state index contributed by atoms with van der Waals surface area (Å²) in [6, 6.07) is 5.19. The molecule has 2 aliphatic rings. The third kappa shape index (κ3) is 7.67. The number of benzene rings is 1. The maximum atomic E-state index is 13.6. The first-order chi connectivity index (χ1) is 18.3. The summed E-state index contributed by atoms with van der Waals surface area (Å²) in [5.74, 6) is -1.03. The summed E-state index contributed by atoms with van der Waals surface area (Å²) in [5.41, 5.74) is 6.42. The van der Waals surface area contributed by atoms with Crippen molar-refractivity contribution in [1.29, 1.82) is 0 Å². The maximum Gasteiger partial charge on any atom is 0.409 e. The van der Waals surface area contributed by atoms with E-state index >= 15 is 0 Å². The first kappa shape index (κ1) is 29.4. The van der Waals surface area contributed by atoms with Crippen molar-refractivity contribution in [3.63, 3.8) is 0 Å². The van der Waals surface area contributed by atoms with E-state index in [0.29, 0.717) is 50.7 Å². The molecule has 1 aromatic rings. The molecule has 2 fully saturated rings. The standard InChI is InChI=1S/C27H41N5O6/c1-3-13-31(27(37)38-2)14-12-29-22-15-23(24(33)30-21-10-8-20(9-11-21)26(35)36)32(17-22)25(34)19-6-4-18(16-28)5-7-19/h8-11,18-19,22-23,29H,3-7,12-17,28H2,1-2H3,(H,30,33)(H,35,36)/t18?,19?,22-,23-/m0/s1. The monoisotopic (exact) mass is 531 g/mol. The highest BCUT2D eigenvalue weighted by Crippen LogP contribution is 2.32. The number of amides is 3. The number of nitrogens with one attached hydrogen (secondary N) is 2. The van der Waals surface area contributed by atoms with E-state index in [1.54, 1.807) is 21.9 Å². The Labute approximate surface area is 224 Å². The first-order valence-electron chi connectivity index (χ1n) is 13.5. The first-order valence-corrected chi connectivity index (χ1v) is 13.5. The topological polar surface area (TPSA) is 154 Å². The van der Waals surface area contributed by atoms with Gasteiger partial charge >= 0.3 is 12.1 Å². The van der Waals surface area contributed by atoms with Crippen LogP contribution in [0.25, 0.3) is 0 Å². The molecule has 0 radical (unpaired) electrons. The molecular formula is C27H41N5O6. The number of methoxy groups -OCH3 is 1. The molecule has 210 valence electrons. The predicted octanol–water partition coefficient (Wildman–Crippen LogP) is 2.13. The van der Waals surface area contributed by atoms with E-state index in [0.717, 1.165) is 32.1 Å². The Balaban J connectivity index is 1.67. The van der Waals surface area contributed by atoms with E-state index in [1.807, 2.05) is 6.92 Å². The highest BCUT2D eigenvalue weighted by molar-refractivity contribution is 5.98. The van der Waals surface area contributed by atoms with Gasteiger partial charge in [-0.3, -0.25) is 9.59 Å². The van der Waals surface area contributed by atoms with Gasteiger partial charge in [0.2, 0.25) is 11.8 Å². The number of carbonyl (C=O) groups excluding carboxylic acids is 3. The van der Waals surface area contributed by atoms with E-state index < -0.39 is 12.0 Å². The fourth-order valence-corrected chi connectivity index (χ4v) is 5.37. The van der Waals surface area contributed by atoms with Crippen molar-refractivity contribution in [3.05, 3.63) is 29.8 Å². The minimum Gasteiger partial charge on any atom is -0.478 e. The molecule has 38 heavy (non-hydrogen) atoms. The highest BCUT2D eigenvalue weighted by Gasteiger charge is 2.42. The molecule has 3 rings (SSSR count). The molecule has 1 saturated carbocycles. The van der Waals surface area contributed by atoms with E-state index in [9.17, 15) is 19.2 Å². The Morgan fingerprint density at radius 3 is 2.37 bits per heavy atom. The van der Waals surface area contributed by atoms with Crippen molar-refractivity contribution in [2.45, 2.75) is 57.5 Å². The molecule has 11 nitrogen and oxygen atoms in total. The van der Waals surface area contributed by atoms with Gasteiger partial charge in [-0.25, -0.2) is 9.59 Å². The Bertz CT molecular complexity index is 963. The minimum atomic E-state index is -1.04. The van der Waals surface area contributed by atoms with Crippen molar-refractivity contribution in [1.82, 2.24) is 15.1 Å². The lowest BCUT2D eigenvalue weighted by Gasteiger charge is -2.32. The zero-order valence-corrected chi connectivity index (χ0v) is 22.4. The SMILES string of the molecule is CCCN(CCN[C@H]1C[C@@H](C(=O)Nc2ccc(C(=O)O)cc2)N(C(=O)C2CCC(CN)CC2)C1)C(=O)OC. The smallest absolute Gasteiger partial charge is 0.409 e. The van der Waals surface area contributed by atoms with Crippen LogP contribution in [0.2, 0.25) is 0 Å². The molecule has 2 atom stereocenters.